The standard InChI is InChI=1S/C22H28N2O9S2/c1-21(2,3)32-19(25)23-13-15-10-11-16(31-15)14-24(20(26)33-22(4,5)6)35(29,30)18-9-7-8-17(12-18)34(23,27)28/h7-12H,13-14H2,1-6H3. The average molecular weight is 529 g/mol. The number of benzene rings is 1. The van der Waals surface area contributed by atoms with Gasteiger partial charge in [-0.2, -0.15) is 8.61 Å². The van der Waals surface area contributed by atoms with E-state index in [-0.39, 0.29) is 11.5 Å². The molecule has 1 aliphatic heterocycles. The van der Waals surface area contributed by atoms with E-state index in [1.165, 1.54) is 18.2 Å². The molecule has 3 rings (SSSR count). The second kappa shape index (κ2) is 8.86. The minimum absolute atomic E-state index is 0.0349. The molecule has 1 aromatic heterocycles. The van der Waals surface area contributed by atoms with E-state index in [0.29, 0.717) is 8.61 Å². The summed E-state index contributed by atoms with van der Waals surface area (Å²) >= 11 is 0. The van der Waals surface area contributed by atoms with Crippen LogP contribution in [0, 0.1) is 0 Å². The van der Waals surface area contributed by atoms with Crippen molar-refractivity contribution in [1.29, 1.82) is 0 Å². The number of fused-ring (bicyclic) bond motifs is 4. The molecule has 0 fully saturated rings. The van der Waals surface area contributed by atoms with E-state index in [0.717, 1.165) is 18.2 Å². The maximum Gasteiger partial charge on any atom is 0.424 e. The van der Waals surface area contributed by atoms with Gasteiger partial charge in [-0.3, -0.25) is 0 Å². The zero-order chi connectivity index (χ0) is 26.4. The lowest BCUT2D eigenvalue weighted by atomic mass is 10.2. The molecule has 0 unspecified atom stereocenters. The van der Waals surface area contributed by atoms with Crippen molar-refractivity contribution < 1.29 is 40.3 Å². The van der Waals surface area contributed by atoms with Crippen molar-refractivity contribution in [2.24, 2.45) is 0 Å². The summed E-state index contributed by atoms with van der Waals surface area (Å²) in [5, 5.41) is 0. The van der Waals surface area contributed by atoms with E-state index in [4.69, 9.17) is 13.9 Å². The topological polar surface area (TPSA) is 140 Å². The van der Waals surface area contributed by atoms with Gasteiger partial charge in [-0.05, 0) is 71.9 Å². The third-order valence-corrected chi connectivity index (χ3v) is 7.91. The lowest BCUT2D eigenvalue weighted by molar-refractivity contribution is 0.0371. The van der Waals surface area contributed by atoms with Gasteiger partial charge in [0, 0.05) is 0 Å². The quantitative estimate of drug-likeness (QED) is 0.498. The van der Waals surface area contributed by atoms with E-state index in [9.17, 15) is 26.4 Å². The number of hydrogen-bond donors (Lipinski definition) is 0. The highest BCUT2D eigenvalue weighted by atomic mass is 32.2. The number of rotatable bonds is 0. The summed E-state index contributed by atoms with van der Waals surface area (Å²) in [6.45, 7) is 8.46. The Balaban J connectivity index is 2.20. The van der Waals surface area contributed by atoms with Crippen LogP contribution in [-0.4, -0.2) is 48.8 Å². The Labute approximate surface area is 204 Å². The van der Waals surface area contributed by atoms with Gasteiger partial charge in [-0.1, -0.05) is 6.07 Å². The largest absolute Gasteiger partial charge is 0.462 e. The highest BCUT2D eigenvalue weighted by Crippen LogP contribution is 2.29. The van der Waals surface area contributed by atoms with Crippen LogP contribution in [0.1, 0.15) is 53.1 Å². The van der Waals surface area contributed by atoms with Gasteiger partial charge in [0.05, 0.1) is 22.9 Å². The Kier molecular flexibility index (Phi) is 6.72. The highest BCUT2D eigenvalue weighted by molar-refractivity contribution is 7.90. The van der Waals surface area contributed by atoms with E-state index >= 15 is 0 Å². The molecule has 13 heteroatoms. The molecule has 0 saturated carbocycles. The van der Waals surface area contributed by atoms with Gasteiger partial charge >= 0.3 is 12.2 Å². The maximum absolute atomic E-state index is 13.5. The van der Waals surface area contributed by atoms with Crippen LogP contribution < -0.4 is 0 Å². The fraction of sp³-hybridized carbons (Fsp3) is 0.455. The predicted octanol–water partition coefficient (Wildman–Crippen LogP) is 3.85. The molecule has 11 nitrogen and oxygen atoms in total. The summed E-state index contributed by atoms with van der Waals surface area (Å²) in [5.41, 5.74) is -1.99. The van der Waals surface area contributed by atoms with E-state index in [1.807, 2.05) is 0 Å². The highest BCUT2D eigenvalue weighted by Gasteiger charge is 2.38. The molecule has 1 aromatic carbocycles. The number of nitrogens with zero attached hydrogens (tertiary/aromatic N) is 2. The second-order valence-corrected chi connectivity index (χ2v) is 13.6. The first-order valence-corrected chi connectivity index (χ1v) is 13.5. The Bertz CT molecular complexity index is 1250. The molecule has 2 aromatic rings. The molecule has 0 saturated heterocycles. The third-order valence-electron chi connectivity index (χ3n) is 4.49. The minimum Gasteiger partial charge on any atom is -0.462 e. The van der Waals surface area contributed by atoms with Gasteiger partial charge in [0.25, 0.3) is 20.0 Å². The average Bonchev–Trinajstić information content (AvgIpc) is 3.14. The minimum atomic E-state index is -4.59. The fourth-order valence-corrected chi connectivity index (χ4v) is 5.74. The van der Waals surface area contributed by atoms with Crippen molar-refractivity contribution in [1.82, 2.24) is 8.61 Å². The molecule has 4 bridgehead atoms. The SMILES string of the molecule is CC(C)(C)OC(=O)N1Cc2ccc(o2)CN(C(=O)OC(C)(C)C)S(=O)(=O)c2cccc(c2)S1(=O)=O. The lowest BCUT2D eigenvalue weighted by Gasteiger charge is -2.28. The van der Waals surface area contributed by atoms with Crippen LogP contribution in [-0.2, 0) is 42.6 Å². The molecule has 0 N–H and O–H groups in total. The third kappa shape index (κ3) is 5.96. The Morgan fingerprint density at radius 1 is 0.743 bits per heavy atom. The number of carbonyl (C=O) groups is 2. The van der Waals surface area contributed by atoms with Crippen molar-refractivity contribution in [3.63, 3.8) is 0 Å². The van der Waals surface area contributed by atoms with Crippen LogP contribution in [0.4, 0.5) is 9.59 Å². The normalized spacial score (nSPS) is 17.7. The number of furan rings is 1. The molecular weight excluding hydrogens is 500 g/mol. The van der Waals surface area contributed by atoms with E-state index < -0.39 is 66.3 Å². The molecule has 0 aliphatic carbocycles. The van der Waals surface area contributed by atoms with Gasteiger partial charge in [0.1, 0.15) is 22.7 Å². The number of sulfonamides is 2. The van der Waals surface area contributed by atoms with Crippen molar-refractivity contribution in [3.05, 3.63) is 47.9 Å². The molecular formula is C22H28N2O9S2. The fourth-order valence-electron chi connectivity index (χ4n) is 3.05. The van der Waals surface area contributed by atoms with Crippen LogP contribution in [0.15, 0.2) is 50.6 Å². The van der Waals surface area contributed by atoms with Gasteiger partial charge in [-0.25, -0.2) is 26.4 Å². The van der Waals surface area contributed by atoms with E-state index in [1.54, 1.807) is 41.5 Å². The zero-order valence-corrected chi connectivity index (χ0v) is 21.9. The molecule has 1 aliphatic rings. The number of amides is 2. The molecule has 0 radical (unpaired) electrons. The van der Waals surface area contributed by atoms with E-state index in [2.05, 4.69) is 0 Å². The molecule has 2 heterocycles. The Morgan fingerprint density at radius 3 is 1.46 bits per heavy atom. The van der Waals surface area contributed by atoms with Gasteiger partial charge in [-0.15, -0.1) is 0 Å². The molecule has 0 spiro atoms. The van der Waals surface area contributed by atoms with Crippen LogP contribution in [0.5, 0.6) is 0 Å². The Hall–Kier alpha value is -3.06. The summed E-state index contributed by atoms with van der Waals surface area (Å²) in [6, 6.07) is 7.14. The maximum atomic E-state index is 13.5. The number of ether oxygens (including phenoxy) is 2. The van der Waals surface area contributed by atoms with Gasteiger partial charge in [0.2, 0.25) is 0 Å². The second-order valence-electron chi connectivity index (χ2n) is 9.83. The zero-order valence-electron chi connectivity index (χ0n) is 20.3. The Morgan fingerprint density at radius 2 is 1.11 bits per heavy atom. The van der Waals surface area contributed by atoms with Crippen LogP contribution in [0.3, 0.4) is 0 Å². The lowest BCUT2D eigenvalue weighted by Crippen LogP contribution is -2.41. The summed E-state index contributed by atoms with van der Waals surface area (Å²) in [7, 11) is -9.17. The van der Waals surface area contributed by atoms with Crippen molar-refractivity contribution in [3.8, 4) is 0 Å². The van der Waals surface area contributed by atoms with Crippen LogP contribution in [0.2, 0.25) is 0 Å². The summed E-state index contributed by atoms with van der Waals surface area (Å²) in [5.74, 6) is 0.0698. The predicted molar refractivity (Wildman–Crippen MR) is 123 cm³/mol. The number of carbonyl (C=O) groups excluding carboxylic acids is 2. The van der Waals surface area contributed by atoms with Crippen molar-refractivity contribution >= 4 is 32.2 Å². The first kappa shape index (κ1) is 26.5. The van der Waals surface area contributed by atoms with Gasteiger partial charge in [0.15, 0.2) is 0 Å². The van der Waals surface area contributed by atoms with Crippen molar-refractivity contribution in [2.45, 2.75) is 75.6 Å². The summed E-state index contributed by atoms with van der Waals surface area (Å²) in [4.78, 5) is 24.7. The smallest absolute Gasteiger partial charge is 0.424 e. The summed E-state index contributed by atoms with van der Waals surface area (Å²) < 4.78 is 70.9. The molecule has 192 valence electrons. The van der Waals surface area contributed by atoms with Crippen molar-refractivity contribution in [2.75, 3.05) is 0 Å². The first-order valence-electron chi connectivity index (χ1n) is 10.6. The van der Waals surface area contributed by atoms with Gasteiger partial charge < -0.3 is 13.9 Å². The monoisotopic (exact) mass is 528 g/mol. The van der Waals surface area contributed by atoms with Crippen LogP contribution in [0.25, 0.3) is 0 Å². The molecule has 2 amide bonds. The number of hydrogen-bond acceptors (Lipinski definition) is 9. The van der Waals surface area contributed by atoms with Crippen LogP contribution >= 0.6 is 0 Å². The molecule has 35 heavy (non-hydrogen) atoms. The summed E-state index contributed by atoms with van der Waals surface area (Å²) in [6.07, 6.45) is -2.31. The first-order chi connectivity index (χ1) is 15.9. The molecule has 0 atom stereocenters.